The van der Waals surface area contributed by atoms with Gasteiger partial charge in [0.05, 0.1) is 5.41 Å². The average molecular weight is 806 g/mol. The molecule has 0 bridgehead atoms. The van der Waals surface area contributed by atoms with Crippen LogP contribution in [0.2, 0.25) is 0 Å². The van der Waals surface area contributed by atoms with Gasteiger partial charge in [-0.05, 0) is 78.9 Å². The van der Waals surface area contributed by atoms with Gasteiger partial charge in [0, 0.05) is 36.9 Å². The first-order valence-corrected chi connectivity index (χ1v) is 21.9. The molecule has 62 heavy (non-hydrogen) atoms. The van der Waals surface area contributed by atoms with Gasteiger partial charge in [0.25, 0.3) is 0 Å². The summed E-state index contributed by atoms with van der Waals surface area (Å²) < 4.78 is 2.57. The van der Waals surface area contributed by atoms with Crippen molar-refractivity contribution >= 4 is 31.5 Å². The van der Waals surface area contributed by atoms with Crippen LogP contribution < -0.4 is 0 Å². The van der Waals surface area contributed by atoms with Gasteiger partial charge in [0.15, 0.2) is 17.5 Å². The molecule has 0 amide bonds. The molecule has 288 valence electrons. The van der Waals surface area contributed by atoms with E-state index >= 15 is 0 Å². The van der Waals surface area contributed by atoms with Crippen molar-refractivity contribution in [1.29, 1.82) is 0 Å². The fourth-order valence-corrected chi connectivity index (χ4v) is 11.6. The maximum absolute atomic E-state index is 5.48. The maximum Gasteiger partial charge on any atom is 0.164 e. The van der Waals surface area contributed by atoms with Crippen molar-refractivity contribution in [2.45, 2.75) is 5.41 Å². The van der Waals surface area contributed by atoms with Gasteiger partial charge < -0.3 is 0 Å². The fraction of sp³-hybridized carbons (Fsp3) is 0.0172. The lowest BCUT2D eigenvalue weighted by atomic mass is 9.69. The lowest BCUT2D eigenvalue weighted by molar-refractivity contribution is 0.794. The number of hydrogen-bond donors (Lipinski definition) is 0. The van der Waals surface area contributed by atoms with Crippen molar-refractivity contribution in [2.75, 3.05) is 0 Å². The number of rotatable bonds is 5. The SMILES string of the molecule is c1ccc(-c2ccc(-c3nc(-c4cccc(-c5cccc6c5sc5ccccc56)c4)nc(-c4cccc5c4C4(c6ccccc6-c6ccccc64)c4ccccc4-5)n3)cc2)cc1. The summed E-state index contributed by atoms with van der Waals surface area (Å²) in [5.74, 6) is 1.92. The number of aromatic nitrogens is 3. The van der Waals surface area contributed by atoms with Crippen LogP contribution >= 0.6 is 11.3 Å². The van der Waals surface area contributed by atoms with Crippen molar-refractivity contribution in [1.82, 2.24) is 15.0 Å². The van der Waals surface area contributed by atoms with Crippen molar-refractivity contribution in [3.63, 3.8) is 0 Å². The second kappa shape index (κ2) is 13.6. The quantitative estimate of drug-likeness (QED) is 0.174. The standard InChI is InChI=1S/C58H35N3S/c1-2-15-36(16-3-1)37-31-33-38(34-32-37)55-59-56(40-18-12-17-39(35-40)41-23-13-25-47-45-22-7-11-30-52(45)62-54(41)47)61-57(60-55)48-26-14-24-46-44-21-6-10-29-51(44)58(53(46)48)49-27-8-4-19-42(49)43-20-5-9-28-50(43)58/h1-35H. The molecule has 3 nitrogen and oxygen atoms in total. The van der Waals surface area contributed by atoms with E-state index < -0.39 is 5.41 Å². The van der Waals surface area contributed by atoms with Gasteiger partial charge in [-0.2, -0.15) is 0 Å². The van der Waals surface area contributed by atoms with Crippen molar-refractivity contribution in [2.24, 2.45) is 0 Å². The highest BCUT2D eigenvalue weighted by molar-refractivity contribution is 7.26. The summed E-state index contributed by atoms with van der Waals surface area (Å²) in [6, 6.07) is 76.6. The summed E-state index contributed by atoms with van der Waals surface area (Å²) in [6.45, 7) is 0. The van der Waals surface area contributed by atoms with E-state index in [2.05, 4.69) is 212 Å². The summed E-state index contributed by atoms with van der Waals surface area (Å²) in [6.07, 6.45) is 0. The summed E-state index contributed by atoms with van der Waals surface area (Å²) in [7, 11) is 0. The zero-order valence-corrected chi connectivity index (χ0v) is 34.3. The number of thiophene rings is 1. The van der Waals surface area contributed by atoms with E-state index in [1.807, 2.05) is 11.3 Å². The lowest BCUT2D eigenvalue weighted by Gasteiger charge is -2.31. The zero-order chi connectivity index (χ0) is 40.8. The third kappa shape index (κ3) is 5.08. The average Bonchev–Trinajstić information content (AvgIpc) is 3.99. The van der Waals surface area contributed by atoms with Crippen LogP contribution in [0.25, 0.3) is 98.8 Å². The topological polar surface area (TPSA) is 38.7 Å². The predicted molar refractivity (Wildman–Crippen MR) is 256 cm³/mol. The maximum atomic E-state index is 5.48. The van der Waals surface area contributed by atoms with Crippen LogP contribution in [0.3, 0.4) is 0 Å². The molecule has 0 atom stereocenters. The fourth-order valence-electron chi connectivity index (χ4n) is 10.3. The molecule has 0 saturated heterocycles. The van der Waals surface area contributed by atoms with Crippen LogP contribution in [0.4, 0.5) is 0 Å². The minimum absolute atomic E-state index is 0.553. The van der Waals surface area contributed by atoms with Gasteiger partial charge in [-0.1, -0.05) is 200 Å². The molecule has 0 saturated carbocycles. The van der Waals surface area contributed by atoms with Crippen LogP contribution in [-0.4, -0.2) is 15.0 Å². The molecule has 1 spiro atoms. The molecule has 13 rings (SSSR count). The highest BCUT2D eigenvalue weighted by atomic mass is 32.1. The molecule has 2 aliphatic rings. The molecule has 9 aromatic carbocycles. The van der Waals surface area contributed by atoms with Crippen LogP contribution in [0.1, 0.15) is 22.3 Å². The van der Waals surface area contributed by atoms with Crippen LogP contribution in [0.15, 0.2) is 212 Å². The molecule has 2 aliphatic carbocycles. The Bertz CT molecular complexity index is 3520. The number of fused-ring (bicyclic) bond motifs is 13. The lowest BCUT2D eigenvalue weighted by Crippen LogP contribution is -2.26. The third-order valence-corrected chi connectivity index (χ3v) is 14.2. The Kier molecular flexibility index (Phi) is 7.69. The van der Waals surface area contributed by atoms with Crippen LogP contribution in [0.5, 0.6) is 0 Å². The molecule has 0 N–H and O–H groups in total. The molecule has 4 heteroatoms. The highest BCUT2D eigenvalue weighted by Crippen LogP contribution is 2.64. The van der Waals surface area contributed by atoms with Crippen molar-refractivity contribution in [3.8, 4) is 78.7 Å². The molecule has 0 fully saturated rings. The van der Waals surface area contributed by atoms with E-state index in [1.54, 1.807) is 0 Å². The number of nitrogens with zero attached hydrogens (tertiary/aromatic N) is 3. The van der Waals surface area contributed by atoms with Gasteiger partial charge in [0.2, 0.25) is 0 Å². The predicted octanol–water partition coefficient (Wildman–Crippen LogP) is 14.9. The number of hydrogen-bond acceptors (Lipinski definition) is 4. The van der Waals surface area contributed by atoms with Gasteiger partial charge in [0.1, 0.15) is 0 Å². The van der Waals surface area contributed by atoms with Crippen LogP contribution in [0, 0.1) is 0 Å². The van der Waals surface area contributed by atoms with E-state index in [0.717, 1.165) is 27.8 Å². The Morgan fingerprint density at radius 1 is 0.306 bits per heavy atom. The monoisotopic (exact) mass is 805 g/mol. The molecule has 0 radical (unpaired) electrons. The Hall–Kier alpha value is -7.79. The molecule has 0 aliphatic heterocycles. The third-order valence-electron chi connectivity index (χ3n) is 13.0. The minimum atomic E-state index is -0.553. The van der Waals surface area contributed by atoms with Crippen molar-refractivity contribution < 1.29 is 0 Å². The molecule has 2 heterocycles. The molecular formula is C58H35N3S. The second-order valence-electron chi connectivity index (χ2n) is 16.2. The van der Waals surface area contributed by atoms with Crippen molar-refractivity contribution in [3.05, 3.63) is 235 Å². The Morgan fingerprint density at radius 2 is 0.774 bits per heavy atom. The number of benzene rings is 9. The van der Waals surface area contributed by atoms with E-state index in [4.69, 9.17) is 15.0 Å². The normalized spacial score (nSPS) is 13.0. The summed E-state index contributed by atoms with van der Waals surface area (Å²) in [5, 5.41) is 2.57. The second-order valence-corrected chi connectivity index (χ2v) is 17.3. The van der Waals surface area contributed by atoms with E-state index in [-0.39, 0.29) is 0 Å². The van der Waals surface area contributed by atoms with E-state index in [1.165, 1.54) is 75.8 Å². The Balaban J connectivity index is 1.05. The van der Waals surface area contributed by atoms with Gasteiger partial charge in [-0.3, -0.25) is 0 Å². The zero-order valence-electron chi connectivity index (χ0n) is 33.5. The Morgan fingerprint density at radius 3 is 1.52 bits per heavy atom. The smallest absolute Gasteiger partial charge is 0.164 e. The largest absolute Gasteiger partial charge is 0.208 e. The van der Waals surface area contributed by atoms with Gasteiger partial charge in [-0.25, -0.2) is 15.0 Å². The molecule has 0 unspecified atom stereocenters. The summed E-state index contributed by atoms with van der Waals surface area (Å²) >= 11 is 1.85. The van der Waals surface area contributed by atoms with Gasteiger partial charge in [-0.15, -0.1) is 11.3 Å². The minimum Gasteiger partial charge on any atom is -0.208 e. The van der Waals surface area contributed by atoms with E-state index in [0.29, 0.717) is 17.5 Å². The first kappa shape index (κ1) is 35.0. The highest BCUT2D eigenvalue weighted by Gasteiger charge is 2.52. The van der Waals surface area contributed by atoms with Crippen LogP contribution in [-0.2, 0) is 5.41 Å². The molecule has 11 aromatic rings. The summed E-state index contributed by atoms with van der Waals surface area (Å²) in [5.41, 5.74) is 17.0. The summed E-state index contributed by atoms with van der Waals surface area (Å²) in [4.78, 5) is 16.2. The van der Waals surface area contributed by atoms with Gasteiger partial charge >= 0.3 is 0 Å². The molecule has 2 aromatic heterocycles. The van der Waals surface area contributed by atoms with E-state index in [9.17, 15) is 0 Å². The molecular weight excluding hydrogens is 771 g/mol. The first-order chi connectivity index (χ1) is 30.7. The first-order valence-electron chi connectivity index (χ1n) is 21.1. The Labute approximate surface area is 363 Å².